The second-order valence-electron chi connectivity index (χ2n) is 0.863. The molecule has 0 radical (unpaired) electrons. The van der Waals surface area contributed by atoms with Gasteiger partial charge in [0.25, 0.3) is 0 Å². The lowest BCUT2D eigenvalue weighted by molar-refractivity contribution is 1.52. The van der Waals surface area contributed by atoms with Crippen LogP contribution < -0.4 is 0 Å². The SMILES string of the molecule is C#P(C)P=NC. The van der Waals surface area contributed by atoms with Gasteiger partial charge < -0.3 is 0 Å². The van der Waals surface area contributed by atoms with Crippen molar-refractivity contribution < 1.29 is 0 Å². The Kier molecular flexibility index (Phi) is 3.47. The molecule has 0 N–H and O–H groups in total. The zero-order valence-corrected chi connectivity index (χ0v) is 5.71. The van der Waals surface area contributed by atoms with E-state index >= 15 is 0 Å². The molecule has 6 heavy (non-hydrogen) atoms. The smallest absolute Gasteiger partial charge is 0.0610 e. The summed E-state index contributed by atoms with van der Waals surface area (Å²) in [5.74, 6) is 0. The average Bonchev–Trinajstić information content (AvgIpc) is 1.35. The van der Waals surface area contributed by atoms with Crippen LogP contribution in [-0.2, 0) is 0 Å². The van der Waals surface area contributed by atoms with Crippen molar-refractivity contribution in [3.05, 3.63) is 0 Å². The molecule has 0 aromatic carbocycles. The quantitative estimate of drug-likeness (QED) is 0.434. The molecule has 0 spiro atoms. The van der Waals surface area contributed by atoms with Crippen molar-refractivity contribution in [1.82, 2.24) is 0 Å². The van der Waals surface area contributed by atoms with Crippen molar-refractivity contribution in [2.24, 2.45) is 4.74 Å². The molecular weight excluding hydrogens is 112 g/mol. The van der Waals surface area contributed by atoms with Crippen LogP contribution >= 0.6 is 15.1 Å². The number of nitrogens with zero attached hydrogens (tertiary/aromatic N) is 1. The van der Waals surface area contributed by atoms with E-state index < -0.39 is 0 Å². The van der Waals surface area contributed by atoms with Gasteiger partial charge in [0.15, 0.2) is 0 Å². The first kappa shape index (κ1) is 6.18. The van der Waals surface area contributed by atoms with E-state index in [0.29, 0.717) is 0 Å². The minimum Gasteiger partial charge on any atom is -0.263 e. The van der Waals surface area contributed by atoms with E-state index in [0.717, 1.165) is 8.06 Å². The highest BCUT2D eigenvalue weighted by Crippen LogP contribution is 2.29. The first-order chi connectivity index (χ1) is 2.77. The molecule has 1 atom stereocenters. The van der Waals surface area contributed by atoms with Crippen LogP contribution in [0.3, 0.4) is 0 Å². The summed E-state index contributed by atoms with van der Waals surface area (Å²) in [5, 5.41) is 0. The number of rotatable bonds is 0. The van der Waals surface area contributed by atoms with Gasteiger partial charge in [0, 0.05) is 7.05 Å². The summed E-state index contributed by atoms with van der Waals surface area (Å²) in [5.41, 5.74) is 0. The van der Waals surface area contributed by atoms with Crippen molar-refractivity contribution >= 4 is 15.1 Å². The Bertz CT molecular complexity index is 108. The van der Waals surface area contributed by atoms with Crippen LogP contribution in [0.5, 0.6) is 0 Å². The summed E-state index contributed by atoms with van der Waals surface area (Å²) >= 11 is 0. The molecule has 0 fully saturated rings. The van der Waals surface area contributed by atoms with Gasteiger partial charge in [-0.3, -0.25) is 4.74 Å². The van der Waals surface area contributed by atoms with Gasteiger partial charge in [-0.25, -0.2) is 0 Å². The van der Waals surface area contributed by atoms with E-state index in [4.69, 9.17) is 6.13 Å². The lowest BCUT2D eigenvalue weighted by Crippen LogP contribution is -1.26. The Labute approximate surface area is 40.6 Å². The van der Waals surface area contributed by atoms with Crippen LogP contribution in [-0.4, -0.2) is 13.7 Å². The minimum absolute atomic E-state index is 0.295. The molecule has 3 heteroatoms. The monoisotopic (exact) mass is 119 g/mol. The fraction of sp³-hybridized carbons (Fsp3) is 0.667. The van der Waals surface area contributed by atoms with Crippen molar-refractivity contribution in [3.8, 4) is 6.13 Å². The highest BCUT2D eigenvalue weighted by atomic mass is 32.0. The third-order valence-electron chi connectivity index (χ3n) is 0.231. The van der Waals surface area contributed by atoms with Gasteiger partial charge in [-0.1, -0.05) is 0 Å². The van der Waals surface area contributed by atoms with E-state index in [2.05, 4.69) is 4.74 Å². The first-order valence-electron chi connectivity index (χ1n) is 1.55. The van der Waals surface area contributed by atoms with Gasteiger partial charge in [0.05, 0.1) is 8.06 Å². The first-order valence-corrected chi connectivity index (χ1v) is 4.96. The van der Waals surface area contributed by atoms with Crippen molar-refractivity contribution in [1.29, 1.82) is 0 Å². The third kappa shape index (κ3) is 4.18. The lowest BCUT2D eigenvalue weighted by Gasteiger charge is -1.70. The van der Waals surface area contributed by atoms with E-state index in [-0.39, 0.29) is 7.07 Å². The molecule has 34 valence electrons. The molecule has 0 saturated carbocycles. The number of hydrogen-bond donors (Lipinski definition) is 0. The molecular formula is C3H7NP2. The van der Waals surface area contributed by atoms with Crippen molar-refractivity contribution in [2.45, 2.75) is 0 Å². The fourth-order valence-electron chi connectivity index (χ4n) is 0.141. The van der Waals surface area contributed by atoms with Gasteiger partial charge in [-0.05, 0) is 13.7 Å². The molecule has 0 aliphatic carbocycles. The molecule has 0 aliphatic heterocycles. The second-order valence-corrected chi connectivity index (χ2v) is 5.02. The summed E-state index contributed by atoms with van der Waals surface area (Å²) in [4.78, 5) is 0. The summed E-state index contributed by atoms with van der Waals surface area (Å²) in [6, 6.07) is 0. The Hall–Kier alpha value is 0.180. The molecule has 1 nitrogen and oxygen atoms in total. The summed E-state index contributed by atoms with van der Waals surface area (Å²) in [7, 11) is 2.52. The average molecular weight is 119 g/mol. The largest absolute Gasteiger partial charge is 0.263 e. The van der Waals surface area contributed by atoms with Crippen LogP contribution in [0.15, 0.2) is 4.74 Å². The Morgan fingerprint density at radius 2 is 2.33 bits per heavy atom. The molecule has 0 rings (SSSR count). The zero-order chi connectivity index (χ0) is 4.99. The zero-order valence-electron chi connectivity index (χ0n) is 3.92. The molecule has 0 aromatic rings. The Morgan fingerprint density at radius 3 is 2.33 bits per heavy atom. The van der Waals surface area contributed by atoms with Crippen LogP contribution in [0.4, 0.5) is 0 Å². The number of hydrogen-bond acceptors (Lipinski definition) is 1. The van der Waals surface area contributed by atoms with Crippen LogP contribution in [0, 0.1) is 6.13 Å². The fourth-order valence-corrected chi connectivity index (χ4v) is 1.27. The van der Waals surface area contributed by atoms with E-state index in [1.807, 2.05) is 6.66 Å². The molecule has 0 aromatic heterocycles. The maximum atomic E-state index is 5.36. The van der Waals surface area contributed by atoms with E-state index in [1.54, 1.807) is 7.05 Å². The van der Waals surface area contributed by atoms with Gasteiger partial charge in [-0.15, -0.1) is 6.13 Å². The summed E-state index contributed by atoms with van der Waals surface area (Å²) in [6.07, 6.45) is 5.36. The molecule has 0 saturated heterocycles. The molecule has 0 heterocycles. The molecule has 0 aliphatic rings. The van der Waals surface area contributed by atoms with E-state index in [1.165, 1.54) is 0 Å². The van der Waals surface area contributed by atoms with E-state index in [9.17, 15) is 0 Å². The highest BCUT2D eigenvalue weighted by Gasteiger charge is 1.62. The highest BCUT2D eigenvalue weighted by molar-refractivity contribution is 8.10. The maximum Gasteiger partial charge on any atom is 0.0610 e. The van der Waals surface area contributed by atoms with Crippen molar-refractivity contribution in [2.75, 3.05) is 13.7 Å². The lowest BCUT2D eigenvalue weighted by atomic mass is 11.6. The topological polar surface area (TPSA) is 12.4 Å². The predicted molar refractivity (Wildman–Crippen MR) is 33.1 cm³/mol. The molecule has 1 unspecified atom stereocenters. The Balaban J connectivity index is 3.41. The molecule has 0 amide bonds. The van der Waals surface area contributed by atoms with Crippen LogP contribution in [0.2, 0.25) is 0 Å². The van der Waals surface area contributed by atoms with Crippen LogP contribution in [0.25, 0.3) is 0 Å². The van der Waals surface area contributed by atoms with Gasteiger partial charge in [-0.2, -0.15) is 0 Å². The minimum atomic E-state index is -0.295. The standard InChI is InChI=1S/C3H7NP2/c1-4-5-6(2)3/h2H,1,3H3. The van der Waals surface area contributed by atoms with Gasteiger partial charge >= 0.3 is 0 Å². The molecule has 0 bridgehead atoms. The van der Waals surface area contributed by atoms with Crippen molar-refractivity contribution in [3.63, 3.8) is 0 Å². The summed E-state index contributed by atoms with van der Waals surface area (Å²) < 4.78 is 3.81. The maximum absolute atomic E-state index is 5.36. The Morgan fingerprint density at radius 1 is 1.83 bits per heavy atom. The third-order valence-corrected chi connectivity index (χ3v) is 2.07. The predicted octanol–water partition coefficient (Wildman–Crippen LogP) is 2.36. The van der Waals surface area contributed by atoms with Gasteiger partial charge in [0.2, 0.25) is 0 Å². The van der Waals surface area contributed by atoms with Gasteiger partial charge in [0.1, 0.15) is 0 Å². The second kappa shape index (κ2) is 3.37. The summed E-state index contributed by atoms with van der Waals surface area (Å²) in [6.45, 7) is 1.99. The van der Waals surface area contributed by atoms with Crippen LogP contribution in [0.1, 0.15) is 0 Å². The normalized spacial score (nSPS) is 12.5.